The molecule has 1 rings (SSSR count). The molecule has 120 valence electrons. The molecule has 1 aromatic rings. The third kappa shape index (κ3) is 5.93. The van der Waals surface area contributed by atoms with Gasteiger partial charge in [-0.25, -0.2) is 13.6 Å². The smallest absolute Gasteiger partial charge is 0.240 e. The molecule has 0 amide bonds. The maximum absolute atomic E-state index is 11.6. The van der Waals surface area contributed by atoms with Gasteiger partial charge >= 0.3 is 0 Å². The highest BCUT2D eigenvalue weighted by Crippen LogP contribution is 2.27. The molecule has 0 atom stereocenters. The normalized spacial score (nSPS) is 12.4. The van der Waals surface area contributed by atoms with Crippen molar-refractivity contribution in [3.05, 3.63) is 18.2 Å². The van der Waals surface area contributed by atoms with Crippen molar-refractivity contribution in [1.29, 1.82) is 0 Å². The highest BCUT2D eigenvalue weighted by Gasteiger charge is 2.20. The average Bonchev–Trinajstić information content (AvgIpc) is 2.36. The molecule has 0 unspecified atom stereocenters. The number of unbranched alkanes of at least 4 members (excludes halogenated alkanes) is 2. The molecule has 0 aliphatic rings. The fourth-order valence-corrected chi connectivity index (χ4v) is 2.94. The Hall–Kier alpha value is -1.27. The Kier molecular flexibility index (Phi) is 6.04. The second-order valence-electron chi connectivity index (χ2n) is 6.28. The third-order valence-corrected chi connectivity index (χ3v) is 4.48. The molecule has 0 aliphatic heterocycles. The van der Waals surface area contributed by atoms with Crippen LogP contribution in [0.1, 0.15) is 46.5 Å². The van der Waals surface area contributed by atoms with Crippen LogP contribution in [0.15, 0.2) is 23.1 Å². The Balaban J connectivity index is 2.80. The number of anilines is 2. The minimum absolute atomic E-state index is 0.0480. The van der Waals surface area contributed by atoms with E-state index in [0.29, 0.717) is 17.9 Å². The molecule has 0 aliphatic carbocycles. The minimum atomic E-state index is -3.79. The van der Waals surface area contributed by atoms with Gasteiger partial charge in [0.05, 0.1) is 5.69 Å². The number of rotatable bonds is 8. The van der Waals surface area contributed by atoms with Crippen LogP contribution >= 0.6 is 0 Å². The van der Waals surface area contributed by atoms with E-state index < -0.39 is 10.0 Å². The predicted molar refractivity (Wildman–Crippen MR) is 88.6 cm³/mol. The fraction of sp³-hybridized carbons (Fsp3) is 0.600. The Morgan fingerprint density at radius 2 is 1.90 bits per heavy atom. The maximum Gasteiger partial charge on any atom is 0.240 e. The van der Waals surface area contributed by atoms with Crippen LogP contribution in [0, 0.1) is 5.41 Å². The quantitative estimate of drug-likeness (QED) is 0.507. The van der Waals surface area contributed by atoms with E-state index in [1.807, 2.05) is 0 Å². The predicted octanol–water partition coefficient (Wildman–Crippen LogP) is 2.93. The summed E-state index contributed by atoms with van der Waals surface area (Å²) >= 11 is 0. The van der Waals surface area contributed by atoms with Gasteiger partial charge in [0, 0.05) is 12.2 Å². The standard InChI is InChI=1S/C15H27N3O2S/c1-4-5-6-9-15(2,3)11-18-13-8-7-12(16)10-14(13)21(17,19)20/h7-8,10,18H,4-6,9,11,16H2,1-3H3,(H2,17,19,20). The molecule has 0 fully saturated rings. The number of sulfonamides is 1. The summed E-state index contributed by atoms with van der Waals surface area (Å²) in [5.41, 5.74) is 6.62. The van der Waals surface area contributed by atoms with Gasteiger partial charge in [0.25, 0.3) is 0 Å². The molecule has 0 saturated carbocycles. The lowest BCUT2D eigenvalue weighted by molar-refractivity contribution is 0.342. The molecule has 0 heterocycles. The zero-order valence-electron chi connectivity index (χ0n) is 13.1. The van der Waals surface area contributed by atoms with E-state index in [1.54, 1.807) is 12.1 Å². The molecule has 0 radical (unpaired) electrons. The average molecular weight is 313 g/mol. The van der Waals surface area contributed by atoms with Crippen LogP contribution in [0.5, 0.6) is 0 Å². The molecule has 0 saturated heterocycles. The lowest BCUT2D eigenvalue weighted by atomic mass is 9.87. The topological polar surface area (TPSA) is 98.2 Å². The van der Waals surface area contributed by atoms with E-state index in [9.17, 15) is 8.42 Å². The van der Waals surface area contributed by atoms with Gasteiger partial charge in [0.2, 0.25) is 10.0 Å². The Labute approximate surface area is 128 Å². The van der Waals surface area contributed by atoms with E-state index >= 15 is 0 Å². The zero-order chi connectivity index (χ0) is 16.1. The highest BCUT2D eigenvalue weighted by molar-refractivity contribution is 7.89. The van der Waals surface area contributed by atoms with Crippen LogP contribution in [-0.2, 0) is 10.0 Å². The molecule has 0 bridgehead atoms. The van der Waals surface area contributed by atoms with Crippen molar-refractivity contribution in [3.63, 3.8) is 0 Å². The van der Waals surface area contributed by atoms with E-state index in [1.165, 1.54) is 25.3 Å². The first kappa shape index (κ1) is 17.8. The number of hydrogen-bond acceptors (Lipinski definition) is 4. The lowest BCUT2D eigenvalue weighted by Crippen LogP contribution is -2.24. The number of nitrogen functional groups attached to an aromatic ring is 1. The maximum atomic E-state index is 11.6. The molecular formula is C15H27N3O2S. The van der Waals surface area contributed by atoms with Crippen molar-refractivity contribution in [3.8, 4) is 0 Å². The fourth-order valence-electron chi connectivity index (χ4n) is 2.20. The van der Waals surface area contributed by atoms with Crippen molar-refractivity contribution < 1.29 is 8.42 Å². The van der Waals surface area contributed by atoms with Crippen molar-refractivity contribution in [2.75, 3.05) is 17.6 Å². The van der Waals surface area contributed by atoms with Gasteiger partial charge in [-0.15, -0.1) is 0 Å². The van der Waals surface area contributed by atoms with Crippen LogP contribution in [0.2, 0.25) is 0 Å². The monoisotopic (exact) mass is 313 g/mol. The Morgan fingerprint density at radius 1 is 1.24 bits per heavy atom. The van der Waals surface area contributed by atoms with Crippen molar-refractivity contribution in [2.45, 2.75) is 51.3 Å². The van der Waals surface area contributed by atoms with Crippen LogP contribution in [0.25, 0.3) is 0 Å². The van der Waals surface area contributed by atoms with Gasteiger partial charge in [-0.1, -0.05) is 40.0 Å². The van der Waals surface area contributed by atoms with Gasteiger partial charge in [0.1, 0.15) is 4.90 Å². The molecule has 0 spiro atoms. The van der Waals surface area contributed by atoms with Crippen molar-refractivity contribution >= 4 is 21.4 Å². The number of nitrogens with two attached hydrogens (primary N) is 2. The van der Waals surface area contributed by atoms with Gasteiger partial charge in [-0.3, -0.25) is 0 Å². The van der Waals surface area contributed by atoms with Crippen LogP contribution in [0.4, 0.5) is 11.4 Å². The summed E-state index contributed by atoms with van der Waals surface area (Å²) in [4.78, 5) is 0.0480. The highest BCUT2D eigenvalue weighted by atomic mass is 32.2. The number of nitrogens with one attached hydrogen (secondary N) is 1. The first-order valence-electron chi connectivity index (χ1n) is 7.32. The molecule has 6 heteroatoms. The first-order chi connectivity index (χ1) is 9.65. The minimum Gasteiger partial charge on any atom is -0.399 e. The summed E-state index contributed by atoms with van der Waals surface area (Å²) in [6.45, 7) is 7.20. The summed E-state index contributed by atoms with van der Waals surface area (Å²) in [5, 5.41) is 8.44. The second kappa shape index (κ2) is 7.13. The van der Waals surface area contributed by atoms with Crippen molar-refractivity contribution in [2.24, 2.45) is 10.6 Å². The zero-order valence-corrected chi connectivity index (χ0v) is 14.0. The lowest BCUT2D eigenvalue weighted by Gasteiger charge is -2.26. The van der Waals surface area contributed by atoms with Gasteiger partial charge in [-0.2, -0.15) is 0 Å². The first-order valence-corrected chi connectivity index (χ1v) is 8.86. The van der Waals surface area contributed by atoms with Gasteiger partial charge < -0.3 is 11.1 Å². The Bertz CT molecular complexity index is 568. The SMILES string of the molecule is CCCCCC(C)(C)CNc1ccc(N)cc1S(N)(=O)=O. The van der Waals surface area contributed by atoms with E-state index in [2.05, 4.69) is 26.1 Å². The molecule has 1 aromatic carbocycles. The summed E-state index contributed by atoms with van der Waals surface area (Å²) < 4.78 is 23.2. The molecule has 5 N–H and O–H groups in total. The van der Waals surface area contributed by atoms with Crippen LogP contribution in [-0.4, -0.2) is 15.0 Å². The summed E-state index contributed by atoms with van der Waals surface area (Å²) in [6, 6.07) is 4.72. The largest absolute Gasteiger partial charge is 0.399 e. The van der Waals surface area contributed by atoms with E-state index in [0.717, 1.165) is 6.42 Å². The molecule has 5 nitrogen and oxygen atoms in total. The van der Waals surface area contributed by atoms with Crippen LogP contribution < -0.4 is 16.2 Å². The van der Waals surface area contributed by atoms with Crippen molar-refractivity contribution in [1.82, 2.24) is 0 Å². The molecule has 21 heavy (non-hydrogen) atoms. The Morgan fingerprint density at radius 3 is 2.48 bits per heavy atom. The van der Waals surface area contributed by atoms with Gasteiger partial charge in [-0.05, 0) is 30.0 Å². The number of benzene rings is 1. The number of primary sulfonamides is 1. The van der Waals surface area contributed by atoms with Crippen LogP contribution in [0.3, 0.4) is 0 Å². The number of hydrogen-bond donors (Lipinski definition) is 3. The molecular weight excluding hydrogens is 286 g/mol. The summed E-state index contributed by atoms with van der Waals surface area (Å²) in [6.07, 6.45) is 4.67. The molecule has 0 aromatic heterocycles. The van der Waals surface area contributed by atoms with Gasteiger partial charge in [0.15, 0.2) is 0 Å². The third-order valence-electron chi connectivity index (χ3n) is 3.53. The van der Waals surface area contributed by atoms with E-state index in [-0.39, 0.29) is 10.3 Å². The summed E-state index contributed by atoms with van der Waals surface area (Å²) in [5.74, 6) is 0. The second-order valence-corrected chi connectivity index (χ2v) is 7.81. The summed E-state index contributed by atoms with van der Waals surface area (Å²) in [7, 11) is -3.79. The van der Waals surface area contributed by atoms with E-state index in [4.69, 9.17) is 10.9 Å².